The van der Waals surface area contributed by atoms with E-state index in [-0.39, 0.29) is 6.04 Å². The van der Waals surface area contributed by atoms with Crippen LogP contribution in [0.1, 0.15) is 23.0 Å². The molecule has 66 valence electrons. The molecule has 0 radical (unpaired) electrons. The molecule has 0 aliphatic heterocycles. The highest BCUT2D eigenvalue weighted by Crippen LogP contribution is 2.16. The van der Waals surface area contributed by atoms with Crippen LogP contribution in [0.5, 0.6) is 0 Å². The number of aromatic nitrogens is 2. The lowest BCUT2D eigenvalue weighted by molar-refractivity contribution is 0.191. The minimum atomic E-state index is -1.05. The summed E-state index contributed by atoms with van der Waals surface area (Å²) in [6.45, 7) is 3.56. The van der Waals surface area contributed by atoms with Crippen LogP contribution in [0.25, 0.3) is 0 Å². The molecule has 0 fully saturated rings. The number of hydrogen-bond acceptors (Lipinski definition) is 4. The predicted molar refractivity (Wildman–Crippen MR) is 44.2 cm³/mol. The van der Waals surface area contributed by atoms with Gasteiger partial charge in [0.15, 0.2) is 0 Å². The number of nitrogens with zero attached hydrogens (tertiary/aromatic N) is 2. The van der Waals surface area contributed by atoms with E-state index in [9.17, 15) is 4.79 Å². The summed E-state index contributed by atoms with van der Waals surface area (Å²) in [7, 11) is 0. The number of aryl methyl sites for hydroxylation is 1. The fourth-order valence-electron chi connectivity index (χ4n) is 0.734. The number of hydrogen-bond donors (Lipinski definition) is 2. The van der Waals surface area contributed by atoms with Gasteiger partial charge in [0.1, 0.15) is 10.0 Å². The second kappa shape index (κ2) is 3.48. The lowest BCUT2D eigenvalue weighted by atomic mass is 10.4. The van der Waals surface area contributed by atoms with Crippen molar-refractivity contribution in [2.24, 2.45) is 0 Å². The van der Waals surface area contributed by atoms with Crippen molar-refractivity contribution in [3.63, 3.8) is 0 Å². The molecular weight excluding hydrogens is 178 g/mol. The number of rotatable bonds is 2. The first-order valence-electron chi connectivity index (χ1n) is 3.39. The Morgan fingerprint density at radius 1 is 1.67 bits per heavy atom. The van der Waals surface area contributed by atoms with E-state index in [1.54, 1.807) is 6.92 Å². The smallest absolute Gasteiger partial charge is 0.405 e. The molecule has 0 bridgehead atoms. The van der Waals surface area contributed by atoms with Gasteiger partial charge in [-0.05, 0) is 13.8 Å². The molecule has 0 spiro atoms. The molecule has 1 rings (SSSR count). The molecule has 5 nitrogen and oxygen atoms in total. The van der Waals surface area contributed by atoms with Crippen LogP contribution in [0.2, 0.25) is 0 Å². The zero-order valence-electron chi connectivity index (χ0n) is 6.74. The molecule has 1 amide bonds. The van der Waals surface area contributed by atoms with Gasteiger partial charge in [0.05, 0.1) is 6.04 Å². The van der Waals surface area contributed by atoms with E-state index in [1.165, 1.54) is 11.3 Å². The van der Waals surface area contributed by atoms with Gasteiger partial charge in [0.2, 0.25) is 0 Å². The Kier molecular flexibility index (Phi) is 2.59. The van der Waals surface area contributed by atoms with Crippen molar-refractivity contribution in [2.75, 3.05) is 0 Å². The molecule has 1 aromatic rings. The monoisotopic (exact) mass is 187 g/mol. The van der Waals surface area contributed by atoms with E-state index in [1.807, 2.05) is 6.92 Å². The van der Waals surface area contributed by atoms with E-state index < -0.39 is 6.09 Å². The van der Waals surface area contributed by atoms with Gasteiger partial charge in [0, 0.05) is 0 Å². The van der Waals surface area contributed by atoms with Gasteiger partial charge < -0.3 is 10.4 Å². The molecule has 0 aliphatic rings. The predicted octanol–water partition coefficient (Wildman–Crippen LogP) is 1.18. The second-order valence-electron chi connectivity index (χ2n) is 2.33. The number of nitrogens with one attached hydrogen (secondary N) is 1. The van der Waals surface area contributed by atoms with Crippen molar-refractivity contribution in [1.29, 1.82) is 0 Å². The third-order valence-corrected chi connectivity index (χ3v) is 2.27. The van der Waals surface area contributed by atoms with Crippen LogP contribution >= 0.6 is 11.3 Å². The van der Waals surface area contributed by atoms with Crippen LogP contribution in [0, 0.1) is 6.92 Å². The Hall–Kier alpha value is -1.17. The van der Waals surface area contributed by atoms with E-state index >= 15 is 0 Å². The number of amides is 1. The molecule has 0 aliphatic carbocycles. The van der Waals surface area contributed by atoms with Crippen LogP contribution in [0.15, 0.2) is 0 Å². The first-order chi connectivity index (χ1) is 5.59. The lowest BCUT2D eigenvalue weighted by Crippen LogP contribution is -2.24. The minimum absolute atomic E-state index is 0.284. The summed E-state index contributed by atoms with van der Waals surface area (Å²) in [5.74, 6) is 0. The van der Waals surface area contributed by atoms with Gasteiger partial charge >= 0.3 is 6.09 Å². The van der Waals surface area contributed by atoms with E-state index in [4.69, 9.17) is 5.11 Å². The summed E-state index contributed by atoms with van der Waals surface area (Å²) >= 11 is 1.39. The molecule has 6 heteroatoms. The van der Waals surface area contributed by atoms with Gasteiger partial charge in [-0.25, -0.2) is 4.79 Å². The molecule has 0 saturated carbocycles. The quantitative estimate of drug-likeness (QED) is 0.728. The fraction of sp³-hybridized carbons (Fsp3) is 0.500. The van der Waals surface area contributed by atoms with Crippen molar-refractivity contribution in [1.82, 2.24) is 15.5 Å². The molecule has 1 atom stereocenters. The van der Waals surface area contributed by atoms with Crippen LogP contribution in [-0.4, -0.2) is 21.4 Å². The maximum Gasteiger partial charge on any atom is 0.405 e. The summed E-state index contributed by atoms with van der Waals surface area (Å²) in [5.41, 5.74) is 0. The molecular formula is C6H9N3O2S. The molecule has 0 unspecified atom stereocenters. The standard InChI is InChI=1S/C6H9N3O2S/c1-3(7-6(10)11)5-9-8-4(2)12-5/h3,7H,1-2H3,(H,10,11)/t3-/m1/s1. The maximum absolute atomic E-state index is 10.2. The highest BCUT2D eigenvalue weighted by Gasteiger charge is 2.11. The number of carbonyl (C=O) groups is 1. The van der Waals surface area contributed by atoms with Crippen LogP contribution in [0.3, 0.4) is 0 Å². The molecule has 12 heavy (non-hydrogen) atoms. The first-order valence-corrected chi connectivity index (χ1v) is 4.20. The van der Waals surface area contributed by atoms with Gasteiger partial charge in [-0.15, -0.1) is 10.2 Å². The van der Waals surface area contributed by atoms with Crippen molar-refractivity contribution in [2.45, 2.75) is 19.9 Å². The third kappa shape index (κ3) is 2.16. The summed E-state index contributed by atoms with van der Waals surface area (Å²) in [6.07, 6.45) is -1.05. The molecule has 1 heterocycles. The summed E-state index contributed by atoms with van der Waals surface area (Å²) in [5, 5.41) is 19.8. The summed E-state index contributed by atoms with van der Waals surface area (Å²) in [6, 6.07) is -0.284. The van der Waals surface area contributed by atoms with Crippen molar-refractivity contribution >= 4 is 17.4 Å². The van der Waals surface area contributed by atoms with Crippen molar-refractivity contribution < 1.29 is 9.90 Å². The lowest BCUT2D eigenvalue weighted by Gasteiger charge is -2.05. The zero-order valence-corrected chi connectivity index (χ0v) is 7.55. The normalized spacial score (nSPS) is 12.5. The Labute approximate surface area is 73.4 Å². The van der Waals surface area contributed by atoms with Crippen LogP contribution < -0.4 is 5.32 Å². The van der Waals surface area contributed by atoms with Gasteiger partial charge in [-0.2, -0.15) is 0 Å². The van der Waals surface area contributed by atoms with Gasteiger partial charge in [0.25, 0.3) is 0 Å². The molecule has 2 N–H and O–H groups in total. The largest absolute Gasteiger partial charge is 0.465 e. The Morgan fingerprint density at radius 3 is 2.75 bits per heavy atom. The highest BCUT2D eigenvalue weighted by molar-refractivity contribution is 7.11. The summed E-state index contributed by atoms with van der Waals surface area (Å²) in [4.78, 5) is 10.2. The van der Waals surface area contributed by atoms with Crippen molar-refractivity contribution in [3.8, 4) is 0 Å². The molecule has 1 aromatic heterocycles. The Morgan fingerprint density at radius 2 is 2.33 bits per heavy atom. The molecule has 0 aromatic carbocycles. The average Bonchev–Trinajstić information content (AvgIpc) is 2.34. The highest BCUT2D eigenvalue weighted by atomic mass is 32.1. The van der Waals surface area contributed by atoms with Crippen molar-refractivity contribution in [3.05, 3.63) is 10.0 Å². The van der Waals surface area contributed by atoms with E-state index in [0.29, 0.717) is 5.01 Å². The van der Waals surface area contributed by atoms with Crippen LogP contribution in [0.4, 0.5) is 4.79 Å². The minimum Gasteiger partial charge on any atom is -0.465 e. The molecule has 0 saturated heterocycles. The van der Waals surface area contributed by atoms with Gasteiger partial charge in [-0.1, -0.05) is 11.3 Å². The van der Waals surface area contributed by atoms with Gasteiger partial charge in [-0.3, -0.25) is 0 Å². The summed E-state index contributed by atoms with van der Waals surface area (Å²) < 4.78 is 0. The Bertz CT molecular complexity index is 286. The van der Waals surface area contributed by atoms with Crippen LogP contribution in [-0.2, 0) is 0 Å². The van der Waals surface area contributed by atoms with E-state index in [0.717, 1.165) is 5.01 Å². The zero-order chi connectivity index (χ0) is 9.14. The second-order valence-corrected chi connectivity index (χ2v) is 3.54. The third-order valence-electron chi connectivity index (χ3n) is 1.25. The fourth-order valence-corrected chi connectivity index (χ4v) is 1.44. The topological polar surface area (TPSA) is 75.1 Å². The van der Waals surface area contributed by atoms with E-state index in [2.05, 4.69) is 15.5 Å². The maximum atomic E-state index is 10.2. The first kappa shape index (κ1) is 8.92. The number of carboxylic acid groups (broad SMARTS) is 1. The average molecular weight is 187 g/mol. The Balaban J connectivity index is 2.64. The SMILES string of the molecule is Cc1nnc([C@@H](C)NC(=O)O)s1.